The Morgan fingerprint density at radius 1 is 1.19 bits per heavy atom. The first-order valence-corrected chi connectivity index (χ1v) is 10.4. The van der Waals surface area contributed by atoms with Crippen LogP contribution in [0.25, 0.3) is 0 Å². The Labute approximate surface area is 189 Å². The van der Waals surface area contributed by atoms with E-state index in [0.29, 0.717) is 48.7 Å². The van der Waals surface area contributed by atoms with Crippen LogP contribution in [0.2, 0.25) is 5.02 Å². The van der Waals surface area contributed by atoms with E-state index in [4.69, 9.17) is 25.8 Å². The molecule has 2 aromatic rings. The van der Waals surface area contributed by atoms with Crippen molar-refractivity contribution in [1.29, 1.82) is 0 Å². The predicted molar refractivity (Wildman–Crippen MR) is 115 cm³/mol. The van der Waals surface area contributed by atoms with Gasteiger partial charge in [0, 0.05) is 37.6 Å². The van der Waals surface area contributed by atoms with Gasteiger partial charge < -0.3 is 19.1 Å². The van der Waals surface area contributed by atoms with Gasteiger partial charge in [0.1, 0.15) is 10.6 Å². The van der Waals surface area contributed by atoms with E-state index in [1.54, 1.807) is 17.0 Å². The smallest absolute Gasteiger partial charge is 0.288 e. The number of methoxy groups -OCH3 is 2. The van der Waals surface area contributed by atoms with E-state index in [9.17, 15) is 19.7 Å². The molecule has 0 aromatic heterocycles. The summed E-state index contributed by atoms with van der Waals surface area (Å²) in [5.74, 6) is 0.801. The van der Waals surface area contributed by atoms with E-state index in [1.807, 2.05) is 0 Å². The van der Waals surface area contributed by atoms with Crippen LogP contribution in [0, 0.1) is 10.1 Å². The topological polar surface area (TPSA) is 108 Å². The van der Waals surface area contributed by atoms with Gasteiger partial charge in [0.15, 0.2) is 17.3 Å². The molecule has 2 aliphatic heterocycles. The van der Waals surface area contributed by atoms with Crippen LogP contribution in [0.1, 0.15) is 40.0 Å². The molecule has 1 fully saturated rings. The molecule has 2 heterocycles. The fourth-order valence-electron chi connectivity index (χ4n) is 4.22. The highest BCUT2D eigenvalue weighted by Crippen LogP contribution is 2.47. The molecule has 1 amide bonds. The minimum absolute atomic E-state index is 0.0266. The molecule has 4 rings (SSSR count). The van der Waals surface area contributed by atoms with Crippen molar-refractivity contribution in [2.45, 2.75) is 24.9 Å². The normalized spacial score (nSPS) is 16.8. The second-order valence-corrected chi connectivity index (χ2v) is 8.19. The fraction of sp³-hybridized carbons (Fsp3) is 0.364. The third kappa shape index (κ3) is 3.73. The number of ether oxygens (including phenoxy) is 3. The molecule has 1 saturated heterocycles. The summed E-state index contributed by atoms with van der Waals surface area (Å²) in [4.78, 5) is 37.9. The van der Waals surface area contributed by atoms with Crippen LogP contribution in [0.4, 0.5) is 5.69 Å². The van der Waals surface area contributed by atoms with Crippen molar-refractivity contribution in [2.24, 2.45) is 0 Å². The Kier molecular flexibility index (Phi) is 5.68. The molecular formula is C22H21ClN2O7. The van der Waals surface area contributed by atoms with Crippen LogP contribution >= 0.6 is 11.6 Å². The van der Waals surface area contributed by atoms with Crippen LogP contribution in [0.5, 0.6) is 17.2 Å². The highest BCUT2D eigenvalue weighted by Gasteiger charge is 2.45. The molecule has 0 aliphatic carbocycles. The molecule has 0 unspecified atom stereocenters. The number of nitro groups is 1. The van der Waals surface area contributed by atoms with Gasteiger partial charge in [0.05, 0.1) is 31.1 Å². The monoisotopic (exact) mass is 460 g/mol. The Balaban J connectivity index is 1.54. The van der Waals surface area contributed by atoms with E-state index < -0.39 is 10.5 Å². The molecule has 1 spiro atoms. The van der Waals surface area contributed by atoms with Gasteiger partial charge in [-0.1, -0.05) is 11.6 Å². The molecule has 2 aromatic carbocycles. The summed E-state index contributed by atoms with van der Waals surface area (Å²) in [6.07, 6.45) is 1.06. The third-order valence-electron chi connectivity index (χ3n) is 5.95. The maximum atomic E-state index is 12.9. The van der Waals surface area contributed by atoms with Crippen molar-refractivity contribution in [3.05, 3.63) is 56.6 Å². The second kappa shape index (κ2) is 8.31. The molecule has 0 radical (unpaired) electrons. The van der Waals surface area contributed by atoms with Crippen molar-refractivity contribution in [1.82, 2.24) is 4.90 Å². The summed E-state index contributed by atoms with van der Waals surface area (Å²) in [6, 6.07) is 7.33. The number of ketones is 1. The number of Topliss-reactive ketones (excluding diaryl/α,β-unsaturated/α-hetero) is 1. The van der Waals surface area contributed by atoms with Gasteiger partial charge in [-0.15, -0.1) is 0 Å². The van der Waals surface area contributed by atoms with E-state index in [-0.39, 0.29) is 34.4 Å². The molecule has 0 atom stereocenters. The zero-order valence-corrected chi connectivity index (χ0v) is 18.3. The lowest BCUT2D eigenvalue weighted by Gasteiger charge is -2.44. The first-order valence-electron chi connectivity index (χ1n) is 9.99. The number of hydrogen-bond donors (Lipinski definition) is 0. The number of carbonyl (C=O) groups is 2. The zero-order chi connectivity index (χ0) is 23.0. The van der Waals surface area contributed by atoms with Crippen LogP contribution in [-0.4, -0.2) is 54.4 Å². The van der Waals surface area contributed by atoms with E-state index in [2.05, 4.69) is 0 Å². The fourth-order valence-corrected chi connectivity index (χ4v) is 4.41. The third-order valence-corrected chi connectivity index (χ3v) is 6.27. The largest absolute Gasteiger partial charge is 0.493 e. The van der Waals surface area contributed by atoms with Gasteiger partial charge in [-0.2, -0.15) is 0 Å². The Morgan fingerprint density at radius 3 is 2.53 bits per heavy atom. The minimum atomic E-state index is -0.757. The maximum absolute atomic E-state index is 12.9. The lowest BCUT2D eigenvalue weighted by atomic mass is 9.82. The van der Waals surface area contributed by atoms with E-state index in [0.717, 1.165) is 0 Å². The lowest BCUT2D eigenvalue weighted by molar-refractivity contribution is -0.384. The van der Waals surface area contributed by atoms with Crippen LogP contribution in [-0.2, 0) is 0 Å². The average molecular weight is 461 g/mol. The van der Waals surface area contributed by atoms with Crippen LogP contribution in [0.15, 0.2) is 30.3 Å². The number of halogens is 1. The molecule has 9 nitrogen and oxygen atoms in total. The van der Waals surface area contributed by atoms with E-state index >= 15 is 0 Å². The van der Waals surface area contributed by atoms with Gasteiger partial charge in [-0.3, -0.25) is 19.7 Å². The highest BCUT2D eigenvalue weighted by atomic mass is 35.5. The zero-order valence-electron chi connectivity index (χ0n) is 17.6. The molecule has 10 heteroatoms. The van der Waals surface area contributed by atoms with Crippen molar-refractivity contribution < 1.29 is 28.7 Å². The standard InChI is InChI=1S/C22H21ClN2O7/c1-30-18-6-4-14-17(26)12-22(32-19(14)20(18)31-2)7-9-24(10-8-22)21(27)13-3-5-15(23)16(11-13)25(28)29/h3-6,11H,7-10,12H2,1-2H3. The molecule has 32 heavy (non-hydrogen) atoms. The van der Waals surface area contributed by atoms with Crippen LogP contribution in [0.3, 0.4) is 0 Å². The number of carbonyl (C=O) groups excluding carboxylic acids is 2. The number of hydrogen-bond acceptors (Lipinski definition) is 7. The number of nitro benzene ring substituents is 1. The molecule has 0 N–H and O–H groups in total. The second-order valence-electron chi connectivity index (χ2n) is 7.78. The van der Waals surface area contributed by atoms with Gasteiger partial charge in [0.2, 0.25) is 5.75 Å². The van der Waals surface area contributed by atoms with Gasteiger partial charge >= 0.3 is 0 Å². The number of likely N-dealkylation sites (tertiary alicyclic amines) is 1. The summed E-state index contributed by atoms with van der Waals surface area (Å²) < 4.78 is 17.1. The van der Waals surface area contributed by atoms with Gasteiger partial charge in [-0.25, -0.2) is 0 Å². The Morgan fingerprint density at radius 2 is 1.91 bits per heavy atom. The summed E-state index contributed by atoms with van der Waals surface area (Å²) >= 11 is 5.85. The molecule has 0 saturated carbocycles. The highest BCUT2D eigenvalue weighted by molar-refractivity contribution is 6.32. The van der Waals surface area contributed by atoms with Crippen molar-refractivity contribution >= 4 is 29.0 Å². The van der Waals surface area contributed by atoms with Gasteiger partial charge in [-0.05, 0) is 24.3 Å². The first-order chi connectivity index (χ1) is 15.3. The Bertz CT molecular complexity index is 1110. The molecule has 168 valence electrons. The lowest BCUT2D eigenvalue weighted by Crippen LogP contribution is -2.52. The quantitative estimate of drug-likeness (QED) is 0.502. The molecule has 2 aliphatic rings. The number of rotatable bonds is 4. The summed E-state index contributed by atoms with van der Waals surface area (Å²) in [6.45, 7) is 0.675. The van der Waals surface area contributed by atoms with Gasteiger partial charge in [0.25, 0.3) is 11.6 Å². The minimum Gasteiger partial charge on any atom is -0.493 e. The predicted octanol–water partition coefficient (Wildman–Crippen LogP) is 3.91. The SMILES string of the molecule is COc1ccc2c(c1OC)OC1(CCN(C(=O)c3ccc(Cl)c([N+](=O)[O-])c3)CC1)CC2=O. The molecular weight excluding hydrogens is 440 g/mol. The Hall–Kier alpha value is -3.33. The van der Waals surface area contributed by atoms with Crippen molar-refractivity contribution in [2.75, 3.05) is 27.3 Å². The number of benzene rings is 2. The van der Waals surface area contributed by atoms with Crippen LogP contribution < -0.4 is 14.2 Å². The molecule has 0 bridgehead atoms. The van der Waals surface area contributed by atoms with Crippen molar-refractivity contribution in [3.8, 4) is 17.2 Å². The number of nitrogens with zero attached hydrogens (tertiary/aromatic N) is 2. The summed E-state index contributed by atoms with van der Waals surface area (Å²) in [5, 5.41) is 11.1. The summed E-state index contributed by atoms with van der Waals surface area (Å²) in [5.41, 5.74) is -0.438. The van der Waals surface area contributed by atoms with Crippen molar-refractivity contribution in [3.63, 3.8) is 0 Å². The summed E-state index contributed by atoms with van der Waals surface area (Å²) in [7, 11) is 3.00. The number of piperidine rings is 1. The first kappa shape index (κ1) is 21.9. The van der Waals surface area contributed by atoms with E-state index in [1.165, 1.54) is 32.4 Å². The maximum Gasteiger partial charge on any atom is 0.288 e. The number of amides is 1. The average Bonchev–Trinajstić information content (AvgIpc) is 2.78. The number of fused-ring (bicyclic) bond motifs is 1.